The van der Waals surface area contributed by atoms with Crippen LogP contribution in [0.4, 0.5) is 17.5 Å². The summed E-state index contributed by atoms with van der Waals surface area (Å²) in [4.78, 5) is 10.5. The van der Waals surface area contributed by atoms with E-state index in [1.54, 1.807) is 13.3 Å². The lowest BCUT2D eigenvalue weighted by Gasteiger charge is -2.23. The van der Waals surface area contributed by atoms with Crippen LogP contribution in [0.25, 0.3) is 0 Å². The molecule has 0 saturated carbocycles. The Hall–Kier alpha value is -2.38. The van der Waals surface area contributed by atoms with Gasteiger partial charge >= 0.3 is 0 Å². The molecular weight excluding hydrogens is 328 g/mol. The lowest BCUT2D eigenvalue weighted by molar-refractivity contribution is 0.0967. The topological polar surface area (TPSA) is 88.3 Å². The second-order valence-electron chi connectivity index (χ2n) is 6.92. The largest absolute Gasteiger partial charge is 0.385 e. The van der Waals surface area contributed by atoms with Crippen molar-refractivity contribution in [1.82, 2.24) is 15.3 Å². The highest BCUT2D eigenvalue weighted by Crippen LogP contribution is 2.27. The molecular formula is C19H26N6O. The number of aryl methyl sites for hydroxylation is 1. The summed E-state index contributed by atoms with van der Waals surface area (Å²) in [6.07, 6.45) is 4.17. The van der Waals surface area contributed by atoms with Gasteiger partial charge in [0.05, 0.1) is 12.1 Å². The first kappa shape index (κ1) is 17.1. The van der Waals surface area contributed by atoms with E-state index in [1.807, 2.05) is 6.07 Å². The van der Waals surface area contributed by atoms with E-state index >= 15 is 0 Å². The number of ether oxygens (including phenoxy) is 1. The van der Waals surface area contributed by atoms with Crippen LogP contribution in [0.15, 0.2) is 30.5 Å². The van der Waals surface area contributed by atoms with Crippen LogP contribution in [0.5, 0.6) is 0 Å². The molecule has 7 heteroatoms. The highest BCUT2D eigenvalue weighted by molar-refractivity contribution is 5.59. The maximum absolute atomic E-state index is 5.72. The lowest BCUT2D eigenvalue weighted by atomic mass is 9.99. The number of nitrogens with zero attached hydrogens (tertiary/aromatic N) is 3. The van der Waals surface area contributed by atoms with Gasteiger partial charge in [0.1, 0.15) is 5.82 Å². The summed E-state index contributed by atoms with van der Waals surface area (Å²) < 4.78 is 5.71. The molecule has 0 amide bonds. The summed E-state index contributed by atoms with van der Waals surface area (Å²) in [7, 11) is 1.77. The number of hydrogen-bond acceptors (Lipinski definition) is 7. The second kappa shape index (κ2) is 7.47. The standard InChI is InChI=1S/C19H26N6O/c1-26-16-12-25(17-7-9-22-19(20)24-17)11-15(16)23-10-14-5-2-4-13-6-3-8-21-18(13)14/h2,4-5,7,9,15-16,21,23H,3,6,8,10-12H2,1H3,(H2,20,22,24)/t15-,16+/m0/s1. The van der Waals surface area contributed by atoms with Crippen LogP contribution < -0.4 is 21.3 Å². The number of benzene rings is 1. The van der Waals surface area contributed by atoms with Gasteiger partial charge in [0.15, 0.2) is 0 Å². The Labute approximate surface area is 154 Å². The first-order chi connectivity index (χ1) is 12.7. The van der Waals surface area contributed by atoms with Crippen LogP contribution in [0, 0.1) is 0 Å². The summed E-state index contributed by atoms with van der Waals surface area (Å²) in [6, 6.07) is 8.70. The Balaban J connectivity index is 1.45. The van der Waals surface area contributed by atoms with Gasteiger partial charge in [-0.15, -0.1) is 0 Å². The van der Waals surface area contributed by atoms with E-state index < -0.39 is 0 Å². The highest BCUT2D eigenvalue weighted by atomic mass is 16.5. The molecule has 0 radical (unpaired) electrons. The van der Waals surface area contributed by atoms with Gasteiger partial charge in [-0.05, 0) is 30.0 Å². The van der Waals surface area contributed by atoms with Gasteiger partial charge in [-0.3, -0.25) is 0 Å². The average Bonchev–Trinajstić information content (AvgIpc) is 3.09. The third-order valence-corrected chi connectivity index (χ3v) is 5.27. The van der Waals surface area contributed by atoms with E-state index in [0.29, 0.717) is 5.95 Å². The number of fused-ring (bicyclic) bond motifs is 1. The van der Waals surface area contributed by atoms with E-state index in [1.165, 1.54) is 23.2 Å². The molecule has 2 aliphatic heterocycles. The first-order valence-electron chi connectivity index (χ1n) is 9.19. The predicted molar refractivity (Wildman–Crippen MR) is 103 cm³/mol. The Morgan fingerprint density at radius 3 is 3.12 bits per heavy atom. The van der Waals surface area contributed by atoms with Crippen molar-refractivity contribution in [2.75, 3.05) is 42.7 Å². The van der Waals surface area contributed by atoms with Crippen LogP contribution in [0.2, 0.25) is 0 Å². The minimum atomic E-state index is 0.110. The Morgan fingerprint density at radius 1 is 1.35 bits per heavy atom. The number of methoxy groups -OCH3 is 1. The zero-order valence-electron chi connectivity index (χ0n) is 15.1. The number of hydrogen-bond donors (Lipinski definition) is 3. The van der Waals surface area contributed by atoms with Crippen LogP contribution in [-0.4, -0.2) is 48.9 Å². The average molecular weight is 354 g/mol. The van der Waals surface area contributed by atoms with E-state index in [-0.39, 0.29) is 12.1 Å². The van der Waals surface area contributed by atoms with Crippen molar-refractivity contribution in [3.63, 3.8) is 0 Å². The van der Waals surface area contributed by atoms with Crippen molar-refractivity contribution < 1.29 is 4.74 Å². The van der Waals surface area contributed by atoms with Gasteiger partial charge in [0, 0.05) is 45.2 Å². The zero-order valence-corrected chi connectivity index (χ0v) is 15.1. The fraction of sp³-hybridized carbons (Fsp3) is 0.474. The van der Waals surface area contributed by atoms with Crippen molar-refractivity contribution in [3.05, 3.63) is 41.6 Å². The maximum atomic E-state index is 5.72. The summed E-state index contributed by atoms with van der Waals surface area (Å²) in [5.74, 6) is 1.15. The highest BCUT2D eigenvalue weighted by Gasteiger charge is 2.33. The number of nitrogens with one attached hydrogen (secondary N) is 2. The van der Waals surface area contributed by atoms with E-state index in [2.05, 4.69) is 43.7 Å². The van der Waals surface area contributed by atoms with Crippen molar-refractivity contribution in [1.29, 1.82) is 0 Å². The summed E-state index contributed by atoms with van der Waals surface area (Å²) in [5, 5.41) is 7.24. The monoisotopic (exact) mass is 354 g/mol. The predicted octanol–water partition coefficient (Wildman–Crippen LogP) is 1.41. The molecule has 4 N–H and O–H groups in total. The smallest absolute Gasteiger partial charge is 0.221 e. The third kappa shape index (κ3) is 3.45. The van der Waals surface area contributed by atoms with Crippen LogP contribution in [0.3, 0.4) is 0 Å². The molecule has 0 aliphatic carbocycles. The van der Waals surface area contributed by atoms with Crippen LogP contribution in [0.1, 0.15) is 17.5 Å². The summed E-state index contributed by atoms with van der Waals surface area (Å²) in [5.41, 5.74) is 9.77. The molecule has 1 fully saturated rings. The van der Waals surface area contributed by atoms with Crippen molar-refractivity contribution in [2.24, 2.45) is 0 Å². The van der Waals surface area contributed by atoms with Gasteiger partial charge in [-0.2, -0.15) is 4.98 Å². The molecule has 0 unspecified atom stereocenters. The first-order valence-corrected chi connectivity index (χ1v) is 9.19. The van der Waals surface area contributed by atoms with Crippen molar-refractivity contribution in [3.8, 4) is 0 Å². The molecule has 2 aliphatic rings. The van der Waals surface area contributed by atoms with Gasteiger partial charge < -0.3 is 26.0 Å². The molecule has 1 aromatic heterocycles. The molecule has 7 nitrogen and oxygen atoms in total. The Morgan fingerprint density at radius 2 is 2.27 bits per heavy atom. The van der Waals surface area contributed by atoms with Crippen LogP contribution >= 0.6 is 0 Å². The molecule has 1 saturated heterocycles. The molecule has 26 heavy (non-hydrogen) atoms. The molecule has 0 bridgehead atoms. The van der Waals surface area contributed by atoms with Gasteiger partial charge in [-0.25, -0.2) is 4.98 Å². The van der Waals surface area contributed by atoms with E-state index in [9.17, 15) is 0 Å². The molecule has 0 spiro atoms. The SMILES string of the molecule is CO[C@@H]1CN(c2ccnc(N)n2)C[C@@H]1NCc1cccc2c1NCCC2. The summed E-state index contributed by atoms with van der Waals surface area (Å²) >= 11 is 0. The van der Waals surface area contributed by atoms with Gasteiger partial charge in [0.25, 0.3) is 0 Å². The van der Waals surface area contributed by atoms with Crippen LogP contribution in [-0.2, 0) is 17.7 Å². The molecule has 138 valence electrons. The molecule has 1 aromatic carbocycles. The number of rotatable bonds is 5. The third-order valence-electron chi connectivity index (χ3n) is 5.27. The molecule has 3 heterocycles. The molecule has 4 rings (SSSR count). The zero-order chi connectivity index (χ0) is 17.9. The van der Waals surface area contributed by atoms with E-state index in [0.717, 1.165) is 38.4 Å². The normalized spacial score (nSPS) is 22.1. The number of nitrogen functional groups attached to an aromatic ring is 1. The number of para-hydroxylation sites is 1. The Kier molecular flexibility index (Phi) is 4.90. The van der Waals surface area contributed by atoms with Crippen molar-refractivity contribution in [2.45, 2.75) is 31.5 Å². The fourth-order valence-electron chi connectivity index (χ4n) is 3.91. The number of aromatic nitrogens is 2. The Bertz CT molecular complexity index is 767. The molecule has 2 aromatic rings. The van der Waals surface area contributed by atoms with Crippen molar-refractivity contribution >= 4 is 17.5 Å². The molecule has 2 atom stereocenters. The fourth-order valence-corrected chi connectivity index (χ4v) is 3.91. The second-order valence-corrected chi connectivity index (χ2v) is 6.92. The maximum Gasteiger partial charge on any atom is 0.221 e. The van der Waals surface area contributed by atoms with E-state index in [4.69, 9.17) is 10.5 Å². The summed E-state index contributed by atoms with van der Waals surface area (Å²) in [6.45, 7) is 3.49. The quantitative estimate of drug-likeness (QED) is 0.748. The minimum Gasteiger partial charge on any atom is -0.385 e. The number of nitrogens with two attached hydrogens (primary N) is 1. The van der Waals surface area contributed by atoms with Gasteiger partial charge in [0.2, 0.25) is 5.95 Å². The minimum absolute atomic E-state index is 0.110. The number of anilines is 3. The van der Waals surface area contributed by atoms with Gasteiger partial charge in [-0.1, -0.05) is 18.2 Å². The lowest BCUT2D eigenvalue weighted by Crippen LogP contribution is -2.39.